The second-order valence-electron chi connectivity index (χ2n) is 10.4. The maximum Gasteiger partial charge on any atom is 0.254 e. The highest BCUT2D eigenvalue weighted by molar-refractivity contribution is 7.89. The molecule has 2 atom stereocenters. The van der Waals surface area contributed by atoms with Gasteiger partial charge < -0.3 is 21.6 Å². The monoisotopic (exact) mass is 621 g/mol. The quantitative estimate of drug-likeness (QED) is 0.226. The number of nitrogens with two attached hydrogens (primary N) is 2. The van der Waals surface area contributed by atoms with Crippen LogP contribution in [0.1, 0.15) is 23.2 Å². The lowest BCUT2D eigenvalue weighted by molar-refractivity contribution is -0.605. The number of aromatic nitrogens is 1. The first-order valence-corrected chi connectivity index (χ1v) is 15.1. The van der Waals surface area contributed by atoms with E-state index < -0.39 is 39.8 Å². The number of carbonyl (C=O) groups excluding carboxylic acids is 3. The summed E-state index contributed by atoms with van der Waals surface area (Å²) in [7, 11) is -4.12. The van der Waals surface area contributed by atoms with Gasteiger partial charge in [0.05, 0.1) is 17.0 Å². The number of pyridine rings is 1. The molecule has 0 bridgehead atoms. The Hall–Kier alpha value is -4.52. The summed E-state index contributed by atoms with van der Waals surface area (Å²) in [5, 5.41) is 13.3. The van der Waals surface area contributed by atoms with Gasteiger partial charge in [0.25, 0.3) is 5.91 Å². The molecule has 43 heavy (non-hydrogen) atoms. The zero-order chi connectivity index (χ0) is 30.9. The first kappa shape index (κ1) is 30.0. The van der Waals surface area contributed by atoms with E-state index >= 15 is 0 Å². The topological polar surface area (TPSA) is 171 Å². The molecule has 0 spiro atoms. The van der Waals surface area contributed by atoms with Gasteiger partial charge in [0.2, 0.25) is 21.8 Å². The zero-order valence-corrected chi connectivity index (χ0v) is 24.4. The SMILES string of the molecule is NC(=O)CC1CN(S(=O)(=O)c2ccc3cc(Cl)ccc3c2)CC(CC(N)=O)N1C(=O)c1ccc(-c2cc[n+]([O-])cc2)cc1. The summed E-state index contributed by atoms with van der Waals surface area (Å²) in [4.78, 5) is 39.5. The Balaban J connectivity index is 1.47. The molecule has 1 saturated heterocycles. The van der Waals surface area contributed by atoms with Crippen LogP contribution >= 0.6 is 11.6 Å². The maximum absolute atomic E-state index is 13.9. The summed E-state index contributed by atoms with van der Waals surface area (Å²) in [6.07, 6.45) is 2.05. The fourth-order valence-corrected chi connectivity index (χ4v) is 7.13. The van der Waals surface area contributed by atoms with Gasteiger partial charge in [-0.2, -0.15) is 9.04 Å². The van der Waals surface area contributed by atoms with Crippen molar-refractivity contribution in [3.05, 3.63) is 101 Å². The molecule has 0 aliphatic carbocycles. The molecular formula is C30H28ClN5O6S. The molecule has 1 aliphatic heterocycles. The van der Waals surface area contributed by atoms with Crippen molar-refractivity contribution < 1.29 is 27.5 Å². The minimum Gasteiger partial charge on any atom is -0.619 e. The minimum absolute atomic E-state index is 0.0109. The molecular weight excluding hydrogens is 594 g/mol. The van der Waals surface area contributed by atoms with Crippen LogP contribution in [0.25, 0.3) is 21.9 Å². The van der Waals surface area contributed by atoms with Crippen LogP contribution in [0, 0.1) is 5.21 Å². The predicted octanol–water partition coefficient (Wildman–Crippen LogP) is 2.43. The first-order valence-electron chi connectivity index (χ1n) is 13.3. The number of halogens is 1. The molecule has 3 amide bonds. The van der Waals surface area contributed by atoms with Crippen LogP contribution in [0.15, 0.2) is 90.1 Å². The van der Waals surface area contributed by atoms with Crippen LogP contribution in [0.2, 0.25) is 5.02 Å². The first-order chi connectivity index (χ1) is 20.4. The lowest BCUT2D eigenvalue weighted by Gasteiger charge is -2.45. The molecule has 222 valence electrons. The van der Waals surface area contributed by atoms with Crippen LogP contribution in [0.5, 0.6) is 0 Å². The highest BCUT2D eigenvalue weighted by Crippen LogP contribution is 2.30. The van der Waals surface area contributed by atoms with E-state index in [0.29, 0.717) is 15.1 Å². The van der Waals surface area contributed by atoms with E-state index in [2.05, 4.69) is 0 Å². The number of primary amides is 2. The van der Waals surface area contributed by atoms with Gasteiger partial charge >= 0.3 is 0 Å². The van der Waals surface area contributed by atoms with Gasteiger partial charge in [0.15, 0.2) is 12.4 Å². The Labute approximate surface area is 252 Å². The molecule has 1 aliphatic rings. The molecule has 5 rings (SSSR count). The highest BCUT2D eigenvalue weighted by Gasteiger charge is 2.43. The Morgan fingerprint density at radius 2 is 1.35 bits per heavy atom. The largest absolute Gasteiger partial charge is 0.619 e. The van der Waals surface area contributed by atoms with Crippen molar-refractivity contribution in [3.63, 3.8) is 0 Å². The summed E-state index contributed by atoms with van der Waals surface area (Å²) >= 11 is 6.06. The molecule has 13 heteroatoms. The van der Waals surface area contributed by atoms with Crippen molar-refractivity contribution in [1.29, 1.82) is 0 Å². The van der Waals surface area contributed by atoms with E-state index in [-0.39, 0.29) is 36.4 Å². The number of nitrogens with zero attached hydrogens (tertiary/aromatic N) is 3. The van der Waals surface area contributed by atoms with E-state index in [0.717, 1.165) is 20.8 Å². The fourth-order valence-electron chi connectivity index (χ4n) is 5.40. The number of sulfonamides is 1. The van der Waals surface area contributed by atoms with Crippen molar-refractivity contribution in [2.45, 2.75) is 29.8 Å². The third kappa shape index (κ3) is 6.46. The molecule has 4 aromatic rings. The second-order valence-corrected chi connectivity index (χ2v) is 12.7. The Kier molecular flexibility index (Phi) is 8.36. The molecule has 1 fully saturated rings. The predicted molar refractivity (Wildman–Crippen MR) is 160 cm³/mol. The summed E-state index contributed by atoms with van der Waals surface area (Å²) in [6, 6.07) is 17.7. The summed E-state index contributed by atoms with van der Waals surface area (Å²) in [5.74, 6) is -1.98. The summed E-state index contributed by atoms with van der Waals surface area (Å²) in [5.41, 5.74) is 12.8. The number of rotatable bonds is 8. The highest BCUT2D eigenvalue weighted by atomic mass is 35.5. The van der Waals surface area contributed by atoms with Crippen LogP contribution in [-0.2, 0) is 19.6 Å². The van der Waals surface area contributed by atoms with Gasteiger partial charge in [-0.15, -0.1) is 0 Å². The minimum atomic E-state index is -4.12. The van der Waals surface area contributed by atoms with Crippen molar-refractivity contribution in [2.24, 2.45) is 11.5 Å². The van der Waals surface area contributed by atoms with Crippen LogP contribution in [-0.4, -0.2) is 60.5 Å². The third-order valence-electron chi connectivity index (χ3n) is 7.40. The fraction of sp³-hybridized carbons (Fsp3) is 0.200. The number of hydrogen-bond donors (Lipinski definition) is 2. The standard InChI is InChI=1S/C30H28ClN5O6S/c31-24-7-5-23-14-27(8-6-22(23)13-24)43(41,42)35-17-25(15-28(32)37)36(26(18-35)16-29(33)38)30(39)21-3-1-19(2-4-21)20-9-11-34(40)12-10-20/h1-14,25-26H,15-18H2,(H2,32,37)(H2,33,38). The number of benzene rings is 3. The normalized spacial score (nSPS) is 17.6. The Bertz CT molecular complexity index is 1790. The Morgan fingerprint density at radius 1 is 0.814 bits per heavy atom. The molecule has 4 N–H and O–H groups in total. The average Bonchev–Trinajstić information content (AvgIpc) is 2.96. The zero-order valence-electron chi connectivity index (χ0n) is 22.8. The van der Waals surface area contributed by atoms with E-state index in [1.165, 1.54) is 29.4 Å². The van der Waals surface area contributed by atoms with Gasteiger partial charge in [-0.1, -0.05) is 35.9 Å². The third-order valence-corrected chi connectivity index (χ3v) is 9.47. The number of piperazine rings is 1. The molecule has 11 nitrogen and oxygen atoms in total. The molecule has 1 aromatic heterocycles. The number of fused-ring (bicyclic) bond motifs is 1. The van der Waals surface area contributed by atoms with Crippen molar-refractivity contribution >= 4 is 50.1 Å². The van der Waals surface area contributed by atoms with Crippen molar-refractivity contribution in [1.82, 2.24) is 9.21 Å². The van der Waals surface area contributed by atoms with Gasteiger partial charge in [0.1, 0.15) is 0 Å². The molecule has 0 radical (unpaired) electrons. The smallest absolute Gasteiger partial charge is 0.254 e. The molecule has 0 saturated carbocycles. The molecule has 2 heterocycles. The lowest BCUT2D eigenvalue weighted by atomic mass is 9.99. The Morgan fingerprint density at radius 3 is 1.93 bits per heavy atom. The van der Waals surface area contributed by atoms with E-state index in [4.69, 9.17) is 23.1 Å². The van der Waals surface area contributed by atoms with Crippen molar-refractivity contribution in [3.8, 4) is 11.1 Å². The van der Waals surface area contributed by atoms with Gasteiger partial charge in [-0.3, -0.25) is 14.4 Å². The second kappa shape index (κ2) is 12.0. The number of hydrogen-bond acceptors (Lipinski definition) is 6. The van der Waals surface area contributed by atoms with E-state index in [1.807, 2.05) is 0 Å². The number of carbonyl (C=O) groups is 3. The molecule has 2 unspecified atom stereocenters. The van der Waals surface area contributed by atoms with Crippen LogP contribution in [0.4, 0.5) is 0 Å². The van der Waals surface area contributed by atoms with Gasteiger partial charge in [0, 0.05) is 48.6 Å². The van der Waals surface area contributed by atoms with Crippen LogP contribution < -0.4 is 16.2 Å². The number of amides is 3. The summed E-state index contributed by atoms with van der Waals surface area (Å²) < 4.78 is 29.5. The maximum atomic E-state index is 13.9. The van der Waals surface area contributed by atoms with E-state index in [1.54, 1.807) is 60.7 Å². The van der Waals surface area contributed by atoms with E-state index in [9.17, 15) is 28.0 Å². The van der Waals surface area contributed by atoms with Gasteiger partial charge in [-0.05, 0) is 58.3 Å². The lowest BCUT2D eigenvalue weighted by Crippen LogP contribution is -2.62. The van der Waals surface area contributed by atoms with Gasteiger partial charge in [-0.25, -0.2) is 8.42 Å². The van der Waals surface area contributed by atoms with Crippen LogP contribution in [0.3, 0.4) is 0 Å². The molecule has 3 aromatic carbocycles. The summed E-state index contributed by atoms with van der Waals surface area (Å²) in [6.45, 7) is -0.440. The van der Waals surface area contributed by atoms with Crippen molar-refractivity contribution in [2.75, 3.05) is 13.1 Å². The average molecular weight is 622 g/mol.